The molecule has 0 aliphatic heterocycles. The average Bonchev–Trinajstić information content (AvgIpc) is 3.35. The van der Waals surface area contributed by atoms with Crippen LogP contribution in [0, 0.1) is 0 Å². The van der Waals surface area contributed by atoms with Gasteiger partial charge in [-0.15, -0.1) is 0 Å². The highest BCUT2D eigenvalue weighted by Gasteiger charge is 2.14. The van der Waals surface area contributed by atoms with Gasteiger partial charge in [-0.2, -0.15) is 0 Å². The summed E-state index contributed by atoms with van der Waals surface area (Å²) in [5, 5.41) is 3.34. The summed E-state index contributed by atoms with van der Waals surface area (Å²) in [6, 6.07) is 11.3. The first-order chi connectivity index (χ1) is 17.0. The number of rotatable bonds is 13. The Kier molecular flexibility index (Phi) is 9.80. The van der Waals surface area contributed by atoms with Crippen LogP contribution < -0.4 is 19.7 Å². The Morgan fingerprint density at radius 3 is 2.60 bits per heavy atom. The second-order valence-corrected chi connectivity index (χ2v) is 8.65. The molecular weight excluding hydrogens is 468 g/mol. The van der Waals surface area contributed by atoms with E-state index in [1.54, 1.807) is 33.5 Å². The fourth-order valence-corrected chi connectivity index (χ4v) is 4.12. The van der Waals surface area contributed by atoms with Gasteiger partial charge in [-0.3, -0.25) is 4.79 Å². The zero-order chi connectivity index (χ0) is 25.2. The molecule has 0 spiro atoms. The van der Waals surface area contributed by atoms with Gasteiger partial charge in [0.2, 0.25) is 0 Å². The number of nitrogens with one attached hydrogen (secondary N) is 1. The Hall–Kier alpha value is -3.24. The van der Waals surface area contributed by atoms with Gasteiger partial charge in [-0.05, 0) is 43.2 Å². The first kappa shape index (κ1) is 26.4. The lowest BCUT2D eigenvalue weighted by Gasteiger charge is -2.20. The van der Waals surface area contributed by atoms with E-state index in [4.69, 9.17) is 23.6 Å². The van der Waals surface area contributed by atoms with Gasteiger partial charge < -0.3 is 28.8 Å². The van der Waals surface area contributed by atoms with Gasteiger partial charge >= 0.3 is 0 Å². The summed E-state index contributed by atoms with van der Waals surface area (Å²) in [5.41, 5.74) is 1.93. The van der Waals surface area contributed by atoms with Crippen LogP contribution in [0.2, 0.25) is 0 Å². The number of likely N-dealkylation sites (N-methyl/N-ethyl adjacent to an activating group) is 1. The number of thioether (sulfide) groups is 1. The molecule has 2 heterocycles. The molecule has 0 bridgehead atoms. The molecule has 0 fully saturated rings. The van der Waals surface area contributed by atoms with Gasteiger partial charge in [0.05, 0.1) is 32.3 Å². The summed E-state index contributed by atoms with van der Waals surface area (Å²) in [4.78, 5) is 23.3. The van der Waals surface area contributed by atoms with Crippen molar-refractivity contribution < 1.29 is 23.4 Å². The first-order valence-electron chi connectivity index (χ1n) is 11.3. The number of carbonyl (C=O) groups is 1. The molecular formula is C25H32N4O5S. The van der Waals surface area contributed by atoms with Gasteiger partial charge in [0.25, 0.3) is 5.91 Å². The van der Waals surface area contributed by atoms with Crippen molar-refractivity contribution in [1.29, 1.82) is 0 Å². The van der Waals surface area contributed by atoms with Gasteiger partial charge in [-0.25, -0.2) is 9.97 Å². The summed E-state index contributed by atoms with van der Waals surface area (Å²) >= 11 is 1.45. The number of ether oxygens (including phenoxy) is 3. The average molecular weight is 501 g/mol. The topological polar surface area (TPSA) is 99.0 Å². The highest BCUT2D eigenvalue weighted by Crippen LogP contribution is 2.28. The summed E-state index contributed by atoms with van der Waals surface area (Å²) < 4.78 is 21.7. The number of amides is 1. The number of anilines is 1. The third-order valence-electron chi connectivity index (χ3n) is 5.18. The van der Waals surface area contributed by atoms with E-state index >= 15 is 0 Å². The fraction of sp³-hybridized carbons (Fsp3) is 0.400. The van der Waals surface area contributed by atoms with Gasteiger partial charge in [0, 0.05) is 33.3 Å². The minimum Gasteiger partial charge on any atom is -0.493 e. The van der Waals surface area contributed by atoms with E-state index in [-0.39, 0.29) is 5.91 Å². The predicted molar refractivity (Wildman–Crippen MR) is 136 cm³/mol. The number of methoxy groups -OCH3 is 3. The van der Waals surface area contributed by atoms with Crippen molar-refractivity contribution in [3.05, 3.63) is 59.2 Å². The van der Waals surface area contributed by atoms with Crippen molar-refractivity contribution >= 4 is 23.5 Å². The monoisotopic (exact) mass is 500 g/mol. The highest BCUT2D eigenvalue weighted by molar-refractivity contribution is 7.98. The van der Waals surface area contributed by atoms with Crippen molar-refractivity contribution in [2.45, 2.75) is 30.9 Å². The molecule has 0 unspecified atom stereocenters. The van der Waals surface area contributed by atoms with Crippen molar-refractivity contribution in [3.63, 3.8) is 0 Å². The van der Waals surface area contributed by atoms with E-state index in [0.29, 0.717) is 47.1 Å². The molecule has 0 saturated heterocycles. The van der Waals surface area contributed by atoms with E-state index in [2.05, 4.69) is 15.2 Å². The number of carbonyl (C=O) groups excluding carboxylic acids is 1. The molecule has 35 heavy (non-hydrogen) atoms. The lowest BCUT2D eigenvalue weighted by Crippen LogP contribution is -2.22. The molecule has 1 aromatic carbocycles. The maximum absolute atomic E-state index is 11.9. The largest absolute Gasteiger partial charge is 0.493 e. The standard InChI is InChI=1S/C25H32N4O5S/c1-6-26-24(30)21-10-8-19(34-21)16-35-25-27-18(15-31-3)14-23(28-25)29(2)12-11-17-7-9-20(32-4)22(13-17)33-5/h7-10,13-14H,6,11-12,15-16H2,1-5H3,(H,26,30). The fourth-order valence-electron chi connectivity index (χ4n) is 3.35. The Morgan fingerprint density at radius 2 is 1.89 bits per heavy atom. The van der Waals surface area contributed by atoms with E-state index in [9.17, 15) is 4.79 Å². The number of furan rings is 1. The molecule has 188 valence electrons. The molecule has 0 aliphatic carbocycles. The molecule has 0 atom stereocenters. The maximum atomic E-state index is 11.9. The van der Waals surface area contributed by atoms with Crippen LogP contribution in [-0.2, 0) is 23.5 Å². The summed E-state index contributed by atoms with van der Waals surface area (Å²) in [7, 11) is 6.90. The van der Waals surface area contributed by atoms with E-state index in [1.807, 2.05) is 38.2 Å². The van der Waals surface area contributed by atoms with Crippen LogP contribution >= 0.6 is 11.8 Å². The lowest BCUT2D eigenvalue weighted by molar-refractivity contribution is 0.0927. The number of nitrogens with zero attached hydrogens (tertiary/aromatic N) is 3. The highest BCUT2D eigenvalue weighted by atomic mass is 32.2. The van der Waals surface area contributed by atoms with Crippen molar-refractivity contribution in [3.8, 4) is 11.5 Å². The molecule has 9 nitrogen and oxygen atoms in total. The van der Waals surface area contributed by atoms with E-state index < -0.39 is 0 Å². The Bertz CT molecular complexity index is 1120. The number of benzene rings is 1. The van der Waals surface area contributed by atoms with Crippen LogP contribution in [0.3, 0.4) is 0 Å². The second-order valence-electron chi connectivity index (χ2n) is 7.71. The Labute approximate surface area is 210 Å². The van der Waals surface area contributed by atoms with Crippen LogP contribution in [-0.4, -0.2) is 57.3 Å². The molecule has 2 aromatic heterocycles. The minimum atomic E-state index is -0.222. The minimum absolute atomic E-state index is 0.222. The number of aromatic nitrogens is 2. The number of hydrogen-bond donors (Lipinski definition) is 1. The van der Waals surface area contributed by atoms with Crippen LogP contribution in [0.5, 0.6) is 11.5 Å². The first-order valence-corrected chi connectivity index (χ1v) is 12.2. The smallest absolute Gasteiger partial charge is 0.286 e. The van der Waals surface area contributed by atoms with Gasteiger partial charge in [-0.1, -0.05) is 17.8 Å². The SMILES string of the molecule is CCNC(=O)c1ccc(CSc2nc(COC)cc(N(C)CCc3ccc(OC)c(OC)c3)n2)o1. The third-order valence-corrected chi connectivity index (χ3v) is 6.05. The number of hydrogen-bond acceptors (Lipinski definition) is 9. The van der Waals surface area contributed by atoms with Crippen LogP contribution in [0.25, 0.3) is 0 Å². The Balaban J connectivity index is 1.68. The lowest BCUT2D eigenvalue weighted by atomic mass is 10.1. The molecule has 1 N–H and O–H groups in total. The normalized spacial score (nSPS) is 10.8. The van der Waals surface area contributed by atoms with Crippen molar-refractivity contribution in [2.75, 3.05) is 46.4 Å². The third kappa shape index (κ3) is 7.37. The van der Waals surface area contributed by atoms with Gasteiger partial charge in [0.1, 0.15) is 11.6 Å². The summed E-state index contributed by atoms with van der Waals surface area (Å²) in [6.07, 6.45) is 0.804. The molecule has 10 heteroatoms. The van der Waals surface area contributed by atoms with Gasteiger partial charge in [0.15, 0.2) is 22.4 Å². The summed E-state index contributed by atoms with van der Waals surface area (Å²) in [6.45, 7) is 3.54. The molecule has 3 rings (SSSR count). The molecule has 0 saturated carbocycles. The van der Waals surface area contributed by atoms with Crippen molar-refractivity contribution in [2.24, 2.45) is 0 Å². The maximum Gasteiger partial charge on any atom is 0.286 e. The second kappa shape index (κ2) is 13.0. The Morgan fingerprint density at radius 1 is 1.09 bits per heavy atom. The molecule has 3 aromatic rings. The molecule has 0 radical (unpaired) electrons. The van der Waals surface area contributed by atoms with Crippen LogP contribution in [0.4, 0.5) is 5.82 Å². The zero-order valence-electron chi connectivity index (χ0n) is 20.8. The quantitative estimate of drug-likeness (QED) is 0.276. The zero-order valence-corrected chi connectivity index (χ0v) is 21.6. The van der Waals surface area contributed by atoms with E-state index in [1.165, 1.54) is 11.8 Å². The van der Waals surface area contributed by atoms with Crippen molar-refractivity contribution in [1.82, 2.24) is 15.3 Å². The summed E-state index contributed by atoms with van der Waals surface area (Å²) in [5.74, 6) is 3.49. The molecule has 0 aliphatic rings. The van der Waals surface area contributed by atoms with Crippen LogP contribution in [0.1, 0.15) is 34.5 Å². The molecule has 1 amide bonds. The van der Waals surface area contributed by atoms with Crippen LogP contribution in [0.15, 0.2) is 46.0 Å². The predicted octanol–water partition coefficient (Wildman–Crippen LogP) is 3.95. The van der Waals surface area contributed by atoms with E-state index in [0.717, 1.165) is 30.0 Å².